The lowest BCUT2D eigenvalue weighted by atomic mass is 10.00. The number of hydrogen-bond donors (Lipinski definition) is 1. The Labute approximate surface area is 112 Å². The van der Waals surface area contributed by atoms with Gasteiger partial charge in [0.25, 0.3) is 0 Å². The second kappa shape index (κ2) is 6.41. The number of ether oxygens (including phenoxy) is 1. The molecule has 0 saturated carbocycles. The molecule has 2 rings (SSSR count). The zero-order valence-electron chi connectivity index (χ0n) is 11.1. The van der Waals surface area contributed by atoms with E-state index >= 15 is 0 Å². The summed E-state index contributed by atoms with van der Waals surface area (Å²) in [6, 6.07) is 3.44. The van der Waals surface area contributed by atoms with Gasteiger partial charge in [-0.15, -0.1) is 0 Å². The lowest BCUT2D eigenvalue weighted by molar-refractivity contribution is -0.0413. The van der Waals surface area contributed by atoms with E-state index in [1.54, 1.807) is 0 Å². The molecule has 0 spiro atoms. The lowest BCUT2D eigenvalue weighted by Gasteiger charge is -2.35. The third-order valence-corrected chi connectivity index (χ3v) is 3.46. The standard InChI is InChI=1S/C14H20F2N2O/c1-2-6-18-7-8-19-12(9-18)14(17)10-4-3-5-11(15)13(10)16/h3-5,12,14H,2,6-9,17H2,1H3. The van der Waals surface area contributed by atoms with Crippen molar-refractivity contribution in [1.29, 1.82) is 0 Å². The second-order valence-electron chi connectivity index (χ2n) is 4.88. The molecule has 0 aromatic heterocycles. The zero-order chi connectivity index (χ0) is 13.8. The van der Waals surface area contributed by atoms with Crippen LogP contribution < -0.4 is 5.73 Å². The number of halogens is 2. The molecule has 0 aliphatic carbocycles. The Kier molecular flexibility index (Phi) is 4.85. The third-order valence-electron chi connectivity index (χ3n) is 3.46. The fourth-order valence-electron chi connectivity index (χ4n) is 2.45. The van der Waals surface area contributed by atoms with Gasteiger partial charge in [-0.1, -0.05) is 19.1 Å². The molecule has 0 radical (unpaired) electrons. The highest BCUT2D eigenvalue weighted by atomic mass is 19.2. The molecule has 3 nitrogen and oxygen atoms in total. The van der Waals surface area contributed by atoms with Crippen molar-refractivity contribution in [2.75, 3.05) is 26.2 Å². The van der Waals surface area contributed by atoms with E-state index in [1.165, 1.54) is 12.1 Å². The molecular formula is C14H20F2N2O. The maximum atomic E-state index is 13.7. The molecule has 5 heteroatoms. The molecule has 2 N–H and O–H groups in total. The quantitative estimate of drug-likeness (QED) is 0.910. The molecule has 0 bridgehead atoms. The fourth-order valence-corrected chi connectivity index (χ4v) is 2.45. The summed E-state index contributed by atoms with van der Waals surface area (Å²) >= 11 is 0. The van der Waals surface area contributed by atoms with Crippen molar-refractivity contribution in [3.05, 3.63) is 35.4 Å². The van der Waals surface area contributed by atoms with Crippen LogP contribution in [0.1, 0.15) is 24.9 Å². The van der Waals surface area contributed by atoms with Gasteiger partial charge in [-0.05, 0) is 19.0 Å². The predicted molar refractivity (Wildman–Crippen MR) is 69.8 cm³/mol. The monoisotopic (exact) mass is 270 g/mol. The summed E-state index contributed by atoms with van der Waals surface area (Å²) in [7, 11) is 0. The van der Waals surface area contributed by atoms with Crippen molar-refractivity contribution in [1.82, 2.24) is 4.90 Å². The molecule has 2 atom stereocenters. The molecule has 1 aromatic carbocycles. The molecule has 2 unspecified atom stereocenters. The molecule has 0 amide bonds. The van der Waals surface area contributed by atoms with Gasteiger partial charge >= 0.3 is 0 Å². The van der Waals surface area contributed by atoms with E-state index in [9.17, 15) is 8.78 Å². The number of morpholine rings is 1. The number of hydrogen-bond acceptors (Lipinski definition) is 3. The Bertz CT molecular complexity index is 426. The molecule has 1 aromatic rings. The van der Waals surface area contributed by atoms with Crippen LogP contribution >= 0.6 is 0 Å². The summed E-state index contributed by atoms with van der Waals surface area (Å²) in [6.07, 6.45) is 0.757. The van der Waals surface area contributed by atoms with Crippen LogP contribution in [-0.4, -0.2) is 37.2 Å². The van der Waals surface area contributed by atoms with E-state index in [2.05, 4.69) is 11.8 Å². The molecule has 1 saturated heterocycles. The molecule has 106 valence electrons. The Morgan fingerprint density at radius 2 is 2.26 bits per heavy atom. The fraction of sp³-hybridized carbons (Fsp3) is 0.571. The first kappa shape index (κ1) is 14.4. The maximum absolute atomic E-state index is 13.7. The summed E-state index contributed by atoms with van der Waals surface area (Å²) < 4.78 is 32.6. The normalized spacial score (nSPS) is 22.4. The minimum atomic E-state index is -0.869. The van der Waals surface area contributed by atoms with Crippen molar-refractivity contribution in [3.63, 3.8) is 0 Å². The summed E-state index contributed by atoms with van der Waals surface area (Å²) in [5, 5.41) is 0. The molecule has 1 fully saturated rings. The topological polar surface area (TPSA) is 38.5 Å². The van der Waals surface area contributed by atoms with Crippen molar-refractivity contribution < 1.29 is 13.5 Å². The molecule has 19 heavy (non-hydrogen) atoms. The SMILES string of the molecule is CCCN1CCOC(C(N)c2cccc(F)c2F)C1. The van der Waals surface area contributed by atoms with Gasteiger partial charge in [-0.3, -0.25) is 4.90 Å². The minimum Gasteiger partial charge on any atom is -0.374 e. The van der Waals surface area contributed by atoms with E-state index in [0.29, 0.717) is 13.2 Å². The predicted octanol–water partition coefficient (Wildman–Crippen LogP) is 2.08. The zero-order valence-corrected chi connectivity index (χ0v) is 11.1. The van der Waals surface area contributed by atoms with E-state index < -0.39 is 17.7 Å². The first-order valence-corrected chi connectivity index (χ1v) is 6.67. The highest BCUT2D eigenvalue weighted by Gasteiger charge is 2.28. The van der Waals surface area contributed by atoms with Gasteiger partial charge in [0, 0.05) is 18.7 Å². The largest absolute Gasteiger partial charge is 0.374 e. The lowest BCUT2D eigenvalue weighted by Crippen LogP contribution is -2.47. The Morgan fingerprint density at radius 3 is 3.00 bits per heavy atom. The van der Waals surface area contributed by atoms with Gasteiger partial charge in [-0.25, -0.2) is 8.78 Å². The van der Waals surface area contributed by atoms with Crippen LogP contribution in [0.5, 0.6) is 0 Å². The van der Waals surface area contributed by atoms with Crippen LogP contribution in [-0.2, 0) is 4.74 Å². The van der Waals surface area contributed by atoms with Gasteiger partial charge in [0.1, 0.15) is 0 Å². The number of benzene rings is 1. The maximum Gasteiger partial charge on any atom is 0.163 e. The summed E-state index contributed by atoms with van der Waals surface area (Å²) in [5.74, 6) is -1.74. The third kappa shape index (κ3) is 3.29. The summed E-state index contributed by atoms with van der Waals surface area (Å²) in [5.41, 5.74) is 6.22. The smallest absolute Gasteiger partial charge is 0.163 e. The molecule has 1 aliphatic heterocycles. The van der Waals surface area contributed by atoms with Crippen LogP contribution in [0.25, 0.3) is 0 Å². The van der Waals surface area contributed by atoms with Crippen molar-refractivity contribution in [3.8, 4) is 0 Å². The van der Waals surface area contributed by atoms with Crippen LogP contribution in [0.2, 0.25) is 0 Å². The Morgan fingerprint density at radius 1 is 1.47 bits per heavy atom. The van der Waals surface area contributed by atoms with Gasteiger partial charge in [0.15, 0.2) is 11.6 Å². The van der Waals surface area contributed by atoms with E-state index in [4.69, 9.17) is 10.5 Å². The Hall–Kier alpha value is -1.04. The van der Waals surface area contributed by atoms with E-state index in [0.717, 1.165) is 25.6 Å². The second-order valence-corrected chi connectivity index (χ2v) is 4.88. The first-order valence-electron chi connectivity index (χ1n) is 6.67. The van der Waals surface area contributed by atoms with Gasteiger partial charge < -0.3 is 10.5 Å². The molecular weight excluding hydrogens is 250 g/mol. The van der Waals surface area contributed by atoms with Crippen molar-refractivity contribution in [2.24, 2.45) is 5.73 Å². The average molecular weight is 270 g/mol. The van der Waals surface area contributed by atoms with E-state index in [1.807, 2.05) is 0 Å². The van der Waals surface area contributed by atoms with Crippen LogP contribution in [0.4, 0.5) is 8.78 Å². The summed E-state index contributed by atoms with van der Waals surface area (Å²) in [6.45, 7) is 5.18. The number of nitrogens with zero attached hydrogens (tertiary/aromatic N) is 1. The van der Waals surface area contributed by atoms with E-state index in [-0.39, 0.29) is 11.7 Å². The van der Waals surface area contributed by atoms with Gasteiger partial charge in [-0.2, -0.15) is 0 Å². The van der Waals surface area contributed by atoms with Gasteiger partial charge in [0.2, 0.25) is 0 Å². The Balaban J connectivity index is 2.10. The number of nitrogens with two attached hydrogens (primary N) is 1. The van der Waals surface area contributed by atoms with Crippen LogP contribution in [0.3, 0.4) is 0 Å². The molecule has 1 aliphatic rings. The minimum absolute atomic E-state index is 0.184. The average Bonchev–Trinajstić information content (AvgIpc) is 2.42. The van der Waals surface area contributed by atoms with Gasteiger partial charge in [0.05, 0.1) is 18.8 Å². The van der Waals surface area contributed by atoms with Crippen molar-refractivity contribution in [2.45, 2.75) is 25.5 Å². The highest BCUT2D eigenvalue weighted by Crippen LogP contribution is 2.24. The molecule has 1 heterocycles. The van der Waals surface area contributed by atoms with Crippen LogP contribution in [0.15, 0.2) is 18.2 Å². The highest BCUT2D eigenvalue weighted by molar-refractivity contribution is 5.23. The van der Waals surface area contributed by atoms with Crippen molar-refractivity contribution >= 4 is 0 Å². The first-order chi connectivity index (χ1) is 9.13. The number of rotatable bonds is 4. The summed E-state index contributed by atoms with van der Waals surface area (Å²) in [4.78, 5) is 2.24. The van der Waals surface area contributed by atoms with Crippen LogP contribution in [0, 0.1) is 11.6 Å².